The van der Waals surface area contributed by atoms with E-state index in [1.807, 2.05) is 0 Å². The summed E-state index contributed by atoms with van der Waals surface area (Å²) < 4.78 is 5.21. The van der Waals surface area contributed by atoms with E-state index >= 15 is 0 Å². The topological polar surface area (TPSA) is 109 Å². The Balaban J connectivity index is 2.39. The standard InChI is InChI=1S/C12H12N6O/c1-19-9-4-2-3-8(5-13)12(9)17-10-6-15-7-11(16-10)18-14/h2-4,6-7H,14H2,1H3,(H2,16,17,18). The Kier molecular flexibility index (Phi) is 3.75. The first-order chi connectivity index (χ1) is 9.28. The number of hydrogen-bond donors (Lipinski definition) is 3. The molecule has 7 nitrogen and oxygen atoms in total. The van der Waals surface area contributed by atoms with Gasteiger partial charge >= 0.3 is 0 Å². The average molecular weight is 256 g/mol. The van der Waals surface area contributed by atoms with Gasteiger partial charge in [0.25, 0.3) is 0 Å². The quantitative estimate of drug-likeness (QED) is 0.560. The molecule has 96 valence electrons. The first-order valence-electron chi connectivity index (χ1n) is 5.41. The van der Waals surface area contributed by atoms with Gasteiger partial charge in [0.15, 0.2) is 11.6 Å². The predicted molar refractivity (Wildman–Crippen MR) is 70.8 cm³/mol. The summed E-state index contributed by atoms with van der Waals surface area (Å²) in [6, 6.07) is 7.27. The Morgan fingerprint density at radius 2 is 2.11 bits per heavy atom. The molecule has 2 rings (SSSR count). The molecule has 0 amide bonds. The monoisotopic (exact) mass is 256 g/mol. The van der Waals surface area contributed by atoms with Crippen LogP contribution in [0.4, 0.5) is 17.3 Å². The number of ether oxygens (including phenoxy) is 1. The van der Waals surface area contributed by atoms with E-state index in [2.05, 4.69) is 26.8 Å². The van der Waals surface area contributed by atoms with E-state index in [0.29, 0.717) is 28.6 Å². The number of methoxy groups -OCH3 is 1. The zero-order chi connectivity index (χ0) is 13.7. The molecule has 0 fully saturated rings. The maximum Gasteiger partial charge on any atom is 0.160 e. The normalized spacial score (nSPS) is 9.53. The van der Waals surface area contributed by atoms with Crippen LogP contribution in [0.5, 0.6) is 5.75 Å². The van der Waals surface area contributed by atoms with Gasteiger partial charge in [0, 0.05) is 0 Å². The minimum atomic E-state index is 0.415. The van der Waals surface area contributed by atoms with Crippen molar-refractivity contribution in [3.63, 3.8) is 0 Å². The highest BCUT2D eigenvalue weighted by Crippen LogP contribution is 2.30. The Hall–Kier alpha value is -2.85. The van der Waals surface area contributed by atoms with Crippen molar-refractivity contribution in [2.45, 2.75) is 0 Å². The summed E-state index contributed by atoms with van der Waals surface area (Å²) in [5.74, 6) is 6.69. The molecule has 1 heterocycles. The molecule has 0 saturated heterocycles. The number of nitrogen functional groups attached to an aromatic ring is 1. The molecule has 19 heavy (non-hydrogen) atoms. The van der Waals surface area contributed by atoms with Crippen molar-refractivity contribution < 1.29 is 4.74 Å². The van der Waals surface area contributed by atoms with Crippen LogP contribution in [-0.2, 0) is 0 Å². The lowest BCUT2D eigenvalue weighted by molar-refractivity contribution is 0.416. The average Bonchev–Trinajstić information content (AvgIpc) is 2.47. The van der Waals surface area contributed by atoms with Crippen molar-refractivity contribution in [1.29, 1.82) is 5.26 Å². The van der Waals surface area contributed by atoms with Crippen LogP contribution in [0.1, 0.15) is 5.56 Å². The van der Waals surface area contributed by atoms with Gasteiger partial charge in [0.2, 0.25) is 0 Å². The molecule has 0 bridgehead atoms. The first-order valence-corrected chi connectivity index (χ1v) is 5.41. The number of para-hydroxylation sites is 1. The SMILES string of the molecule is COc1cccc(C#N)c1Nc1cncc(NN)n1. The highest BCUT2D eigenvalue weighted by atomic mass is 16.5. The van der Waals surface area contributed by atoms with Gasteiger partial charge < -0.3 is 15.5 Å². The number of nitriles is 1. The molecule has 0 aliphatic carbocycles. The van der Waals surface area contributed by atoms with Crippen molar-refractivity contribution >= 4 is 17.3 Å². The number of anilines is 3. The second-order valence-corrected chi connectivity index (χ2v) is 3.55. The second-order valence-electron chi connectivity index (χ2n) is 3.55. The van der Waals surface area contributed by atoms with E-state index in [4.69, 9.17) is 15.8 Å². The van der Waals surface area contributed by atoms with Crippen molar-refractivity contribution in [2.75, 3.05) is 17.9 Å². The van der Waals surface area contributed by atoms with Gasteiger partial charge in [-0.2, -0.15) is 5.26 Å². The zero-order valence-electron chi connectivity index (χ0n) is 10.2. The largest absolute Gasteiger partial charge is 0.495 e. The van der Waals surface area contributed by atoms with E-state index in [1.165, 1.54) is 19.5 Å². The van der Waals surface area contributed by atoms with E-state index in [1.54, 1.807) is 18.2 Å². The highest BCUT2D eigenvalue weighted by molar-refractivity contribution is 5.71. The first kappa shape index (κ1) is 12.6. The molecule has 0 saturated carbocycles. The van der Waals surface area contributed by atoms with Crippen LogP contribution in [0, 0.1) is 11.3 Å². The summed E-state index contributed by atoms with van der Waals surface area (Å²) >= 11 is 0. The number of benzene rings is 1. The van der Waals surface area contributed by atoms with Crippen molar-refractivity contribution in [3.05, 3.63) is 36.2 Å². The molecular formula is C12H12N6O. The molecule has 0 spiro atoms. The number of aromatic nitrogens is 2. The van der Waals surface area contributed by atoms with Gasteiger partial charge in [0.05, 0.1) is 25.1 Å². The van der Waals surface area contributed by atoms with E-state index in [9.17, 15) is 0 Å². The maximum absolute atomic E-state index is 9.10. The van der Waals surface area contributed by atoms with Gasteiger partial charge in [-0.3, -0.25) is 4.98 Å². The van der Waals surface area contributed by atoms with E-state index in [0.717, 1.165) is 0 Å². The van der Waals surface area contributed by atoms with Gasteiger partial charge in [-0.05, 0) is 12.1 Å². The minimum Gasteiger partial charge on any atom is -0.495 e. The number of rotatable bonds is 4. The molecule has 0 aliphatic heterocycles. The Morgan fingerprint density at radius 3 is 2.79 bits per heavy atom. The van der Waals surface area contributed by atoms with Crippen LogP contribution in [0.25, 0.3) is 0 Å². The minimum absolute atomic E-state index is 0.415. The lowest BCUT2D eigenvalue weighted by Crippen LogP contribution is -2.10. The molecule has 4 N–H and O–H groups in total. The second kappa shape index (κ2) is 5.66. The van der Waals surface area contributed by atoms with Gasteiger partial charge in [-0.1, -0.05) is 6.07 Å². The lowest BCUT2D eigenvalue weighted by atomic mass is 10.2. The van der Waals surface area contributed by atoms with Crippen LogP contribution in [0.3, 0.4) is 0 Å². The molecule has 0 aliphatic rings. The van der Waals surface area contributed by atoms with Crippen molar-refractivity contribution in [1.82, 2.24) is 9.97 Å². The molecule has 1 aromatic carbocycles. The summed E-state index contributed by atoms with van der Waals surface area (Å²) in [6.45, 7) is 0. The smallest absolute Gasteiger partial charge is 0.160 e. The number of nitrogens with one attached hydrogen (secondary N) is 2. The number of nitrogens with zero attached hydrogens (tertiary/aromatic N) is 3. The third-order valence-electron chi connectivity index (χ3n) is 2.40. The molecule has 0 unspecified atom stereocenters. The number of hydrazine groups is 1. The van der Waals surface area contributed by atoms with Gasteiger partial charge in [-0.15, -0.1) is 0 Å². The van der Waals surface area contributed by atoms with E-state index < -0.39 is 0 Å². The van der Waals surface area contributed by atoms with Crippen LogP contribution < -0.4 is 21.3 Å². The zero-order valence-corrected chi connectivity index (χ0v) is 10.2. The number of nitrogens with two attached hydrogens (primary N) is 1. The molecule has 0 radical (unpaired) electrons. The summed E-state index contributed by atoms with van der Waals surface area (Å²) in [5, 5.41) is 12.1. The highest BCUT2D eigenvalue weighted by Gasteiger charge is 2.10. The van der Waals surface area contributed by atoms with Crippen LogP contribution in [0.2, 0.25) is 0 Å². The maximum atomic E-state index is 9.10. The predicted octanol–water partition coefficient (Wildman–Crippen LogP) is 1.39. The summed E-state index contributed by atoms with van der Waals surface area (Å²) in [4.78, 5) is 8.13. The third kappa shape index (κ3) is 2.70. The van der Waals surface area contributed by atoms with E-state index in [-0.39, 0.29) is 0 Å². The van der Waals surface area contributed by atoms with Crippen LogP contribution in [0.15, 0.2) is 30.6 Å². The van der Waals surface area contributed by atoms with Gasteiger partial charge in [0.1, 0.15) is 17.5 Å². The molecular weight excluding hydrogens is 244 g/mol. The Labute approximate surface area is 110 Å². The fourth-order valence-corrected chi connectivity index (χ4v) is 1.55. The Morgan fingerprint density at radius 1 is 1.32 bits per heavy atom. The molecule has 1 aromatic heterocycles. The van der Waals surface area contributed by atoms with Gasteiger partial charge in [-0.25, -0.2) is 10.8 Å². The molecule has 0 atom stereocenters. The lowest BCUT2D eigenvalue weighted by Gasteiger charge is -2.12. The Bertz CT molecular complexity index is 622. The van der Waals surface area contributed by atoms with Crippen LogP contribution >= 0.6 is 0 Å². The molecule has 2 aromatic rings. The van der Waals surface area contributed by atoms with Crippen molar-refractivity contribution in [2.24, 2.45) is 5.84 Å². The summed E-state index contributed by atoms with van der Waals surface area (Å²) in [7, 11) is 1.53. The van der Waals surface area contributed by atoms with Crippen molar-refractivity contribution in [3.8, 4) is 11.8 Å². The number of hydrogen-bond acceptors (Lipinski definition) is 7. The fraction of sp³-hybridized carbons (Fsp3) is 0.0833. The molecule has 7 heteroatoms. The van der Waals surface area contributed by atoms with Crippen LogP contribution in [-0.4, -0.2) is 17.1 Å². The summed E-state index contributed by atoms with van der Waals surface area (Å²) in [5.41, 5.74) is 3.39. The fourth-order valence-electron chi connectivity index (χ4n) is 1.55. The third-order valence-corrected chi connectivity index (χ3v) is 2.40. The summed E-state index contributed by atoms with van der Waals surface area (Å²) in [6.07, 6.45) is 3.01.